The Morgan fingerprint density at radius 1 is 1.15 bits per heavy atom. The van der Waals surface area contributed by atoms with Crippen LogP contribution in [0.4, 0.5) is 4.79 Å². The first-order chi connectivity index (χ1) is 12.8. The zero-order valence-corrected chi connectivity index (χ0v) is 16.9. The third-order valence-electron chi connectivity index (χ3n) is 4.40. The minimum absolute atomic E-state index is 0.238. The van der Waals surface area contributed by atoms with Gasteiger partial charge in [0, 0.05) is 17.9 Å². The van der Waals surface area contributed by atoms with Crippen LogP contribution < -0.4 is 4.74 Å². The van der Waals surface area contributed by atoms with Crippen LogP contribution in [0.25, 0.3) is 6.08 Å². The van der Waals surface area contributed by atoms with Gasteiger partial charge in [0.05, 0.1) is 11.4 Å². The van der Waals surface area contributed by atoms with E-state index < -0.39 is 0 Å². The van der Waals surface area contributed by atoms with E-state index in [-0.39, 0.29) is 24.3 Å². The predicted molar refractivity (Wildman–Crippen MR) is 109 cm³/mol. The van der Waals surface area contributed by atoms with E-state index in [0.29, 0.717) is 10.9 Å². The van der Waals surface area contributed by atoms with Gasteiger partial charge in [-0.15, -0.1) is 0 Å². The van der Waals surface area contributed by atoms with Gasteiger partial charge in [-0.25, -0.2) is 0 Å². The van der Waals surface area contributed by atoms with Crippen LogP contribution in [0.2, 0.25) is 0 Å². The van der Waals surface area contributed by atoms with E-state index in [1.807, 2.05) is 50.4 Å². The van der Waals surface area contributed by atoms with Gasteiger partial charge in [0.25, 0.3) is 11.1 Å². The average molecular weight is 385 g/mol. The maximum Gasteiger partial charge on any atom is 0.293 e. The van der Waals surface area contributed by atoms with E-state index in [2.05, 4.69) is 18.4 Å². The van der Waals surface area contributed by atoms with Crippen LogP contribution in [-0.4, -0.2) is 33.8 Å². The number of imide groups is 1. The Hall–Kier alpha value is -2.47. The Bertz CT molecular complexity index is 881. The van der Waals surface area contributed by atoms with Crippen LogP contribution in [0.3, 0.4) is 0 Å². The van der Waals surface area contributed by atoms with Gasteiger partial charge in [0.1, 0.15) is 12.4 Å². The smallest absolute Gasteiger partial charge is 0.293 e. The number of rotatable bonds is 6. The van der Waals surface area contributed by atoms with E-state index >= 15 is 0 Å². The minimum atomic E-state index is -0.257. The number of aromatic nitrogens is 1. The van der Waals surface area contributed by atoms with Crippen molar-refractivity contribution in [2.75, 3.05) is 13.2 Å². The number of amides is 2. The summed E-state index contributed by atoms with van der Waals surface area (Å²) in [4.78, 5) is 26.5. The number of aryl methyl sites for hydroxylation is 2. The molecule has 0 saturated carbocycles. The molecular weight excluding hydrogens is 360 g/mol. The molecule has 1 saturated heterocycles. The average Bonchev–Trinajstić information content (AvgIpc) is 3.11. The zero-order valence-electron chi connectivity index (χ0n) is 16.1. The summed E-state index contributed by atoms with van der Waals surface area (Å²) in [6.07, 6.45) is 3.80. The lowest BCUT2D eigenvalue weighted by Crippen LogP contribution is -2.32. The summed E-state index contributed by atoms with van der Waals surface area (Å²) in [5.41, 5.74) is 3.21. The highest BCUT2D eigenvalue weighted by molar-refractivity contribution is 8.18. The number of benzene rings is 1. The third-order valence-corrected chi connectivity index (χ3v) is 5.31. The lowest BCUT2D eigenvalue weighted by Gasteiger charge is -2.13. The topological polar surface area (TPSA) is 51.5 Å². The van der Waals surface area contributed by atoms with Crippen molar-refractivity contribution in [2.45, 2.75) is 33.7 Å². The van der Waals surface area contributed by atoms with Crippen molar-refractivity contribution in [2.24, 2.45) is 0 Å². The van der Waals surface area contributed by atoms with Crippen LogP contribution in [0.1, 0.15) is 36.7 Å². The van der Waals surface area contributed by atoms with Gasteiger partial charge in [-0.1, -0.05) is 17.7 Å². The Balaban J connectivity index is 1.64. The minimum Gasteiger partial charge on any atom is -0.492 e. The zero-order chi connectivity index (χ0) is 19.6. The van der Waals surface area contributed by atoms with E-state index in [9.17, 15) is 9.59 Å². The van der Waals surface area contributed by atoms with Gasteiger partial charge in [-0.3, -0.25) is 14.5 Å². The summed E-state index contributed by atoms with van der Waals surface area (Å²) in [6.45, 7) is 8.77. The van der Waals surface area contributed by atoms with Crippen LogP contribution in [0.5, 0.6) is 5.75 Å². The summed E-state index contributed by atoms with van der Waals surface area (Å²) in [5, 5.41) is -0.251. The molecule has 2 heterocycles. The molecule has 0 bridgehead atoms. The fourth-order valence-electron chi connectivity index (χ4n) is 2.98. The maximum atomic E-state index is 12.6. The molecule has 1 fully saturated rings. The molecule has 142 valence electrons. The van der Waals surface area contributed by atoms with Crippen LogP contribution in [0, 0.1) is 13.8 Å². The molecule has 0 atom stereocenters. The van der Waals surface area contributed by atoms with Gasteiger partial charge in [0.15, 0.2) is 0 Å². The van der Waals surface area contributed by atoms with Crippen molar-refractivity contribution in [1.82, 2.24) is 9.47 Å². The number of hydrogen-bond donors (Lipinski definition) is 0. The number of carbonyl (C=O) groups is 2. The number of carbonyl (C=O) groups excluding carboxylic acids is 2. The highest BCUT2D eigenvalue weighted by Gasteiger charge is 2.34. The van der Waals surface area contributed by atoms with Crippen molar-refractivity contribution in [3.63, 3.8) is 0 Å². The van der Waals surface area contributed by atoms with E-state index in [4.69, 9.17) is 4.74 Å². The number of thioether (sulfide) groups is 1. The predicted octanol–water partition coefficient (Wildman–Crippen LogP) is 4.80. The van der Waals surface area contributed by atoms with E-state index in [0.717, 1.165) is 34.3 Å². The quantitative estimate of drug-likeness (QED) is 0.671. The highest BCUT2D eigenvalue weighted by Crippen LogP contribution is 2.32. The lowest BCUT2D eigenvalue weighted by atomic mass is 10.2. The van der Waals surface area contributed by atoms with Gasteiger partial charge >= 0.3 is 0 Å². The second kappa shape index (κ2) is 8.05. The molecule has 2 amide bonds. The molecule has 0 aliphatic carbocycles. The van der Waals surface area contributed by atoms with Crippen molar-refractivity contribution in [3.8, 4) is 5.75 Å². The second-order valence-corrected chi connectivity index (χ2v) is 7.90. The summed E-state index contributed by atoms with van der Waals surface area (Å²) < 4.78 is 7.78. The Kier molecular flexibility index (Phi) is 5.75. The molecule has 2 aromatic rings. The Labute approximate surface area is 164 Å². The molecular formula is C21H24N2O3S. The van der Waals surface area contributed by atoms with Crippen molar-refractivity contribution in [3.05, 3.63) is 58.3 Å². The molecule has 1 aliphatic heterocycles. The lowest BCUT2D eigenvalue weighted by molar-refractivity contribution is -0.123. The maximum absolute atomic E-state index is 12.6. The molecule has 0 spiro atoms. The highest BCUT2D eigenvalue weighted by atomic mass is 32.2. The van der Waals surface area contributed by atoms with Crippen LogP contribution >= 0.6 is 11.8 Å². The van der Waals surface area contributed by atoms with Gasteiger partial charge in [0.2, 0.25) is 0 Å². The van der Waals surface area contributed by atoms with Crippen LogP contribution in [0.15, 0.2) is 41.4 Å². The number of hydrogen-bond acceptors (Lipinski definition) is 4. The second-order valence-electron chi connectivity index (χ2n) is 6.91. The third kappa shape index (κ3) is 4.45. The van der Waals surface area contributed by atoms with Crippen molar-refractivity contribution >= 4 is 29.0 Å². The van der Waals surface area contributed by atoms with E-state index in [1.54, 1.807) is 6.08 Å². The standard InChI is InChI=1S/C21H24N2O3S/c1-14(2)23-13-17(11-16(23)4)12-19-20(24)22(21(25)27-19)9-10-26-18-7-5-15(3)6-8-18/h5-8,11-14H,9-10H2,1-4H3/b19-12+. The number of nitrogens with zero attached hydrogens (tertiary/aromatic N) is 2. The first kappa shape index (κ1) is 19.3. The van der Waals surface area contributed by atoms with Crippen LogP contribution in [-0.2, 0) is 4.79 Å². The summed E-state index contributed by atoms with van der Waals surface area (Å²) in [5.74, 6) is 0.473. The van der Waals surface area contributed by atoms with E-state index in [1.165, 1.54) is 4.90 Å². The Morgan fingerprint density at radius 3 is 2.48 bits per heavy atom. The SMILES string of the molecule is Cc1ccc(OCCN2C(=O)S/C(=C/c3cc(C)n(C(C)C)c3)C2=O)cc1. The van der Waals surface area contributed by atoms with Gasteiger partial charge < -0.3 is 9.30 Å². The summed E-state index contributed by atoms with van der Waals surface area (Å²) in [6, 6.07) is 10.1. The largest absolute Gasteiger partial charge is 0.492 e. The van der Waals surface area contributed by atoms with Gasteiger partial charge in [-0.2, -0.15) is 0 Å². The molecule has 1 aromatic heterocycles. The van der Waals surface area contributed by atoms with Gasteiger partial charge in [-0.05, 0) is 69.3 Å². The molecule has 6 heteroatoms. The molecule has 1 aliphatic rings. The molecule has 0 radical (unpaired) electrons. The first-order valence-electron chi connectivity index (χ1n) is 8.98. The molecule has 3 rings (SSSR count). The molecule has 0 N–H and O–H groups in total. The fraction of sp³-hybridized carbons (Fsp3) is 0.333. The normalized spacial score (nSPS) is 16.0. The molecule has 27 heavy (non-hydrogen) atoms. The monoisotopic (exact) mass is 384 g/mol. The summed E-state index contributed by atoms with van der Waals surface area (Å²) in [7, 11) is 0. The molecule has 0 unspecified atom stereocenters. The Morgan fingerprint density at radius 2 is 1.85 bits per heavy atom. The molecule has 1 aromatic carbocycles. The fourth-order valence-corrected chi connectivity index (χ4v) is 3.85. The number of ether oxygens (including phenoxy) is 1. The first-order valence-corrected chi connectivity index (χ1v) is 9.80. The van der Waals surface area contributed by atoms with Crippen molar-refractivity contribution in [1.29, 1.82) is 0 Å². The molecule has 5 nitrogen and oxygen atoms in total. The van der Waals surface area contributed by atoms with Crippen molar-refractivity contribution < 1.29 is 14.3 Å². The summed E-state index contributed by atoms with van der Waals surface area (Å²) >= 11 is 0.982.